The Morgan fingerprint density at radius 1 is 1.43 bits per heavy atom. The monoisotopic (exact) mass is 215 g/mol. The lowest BCUT2D eigenvalue weighted by Gasteiger charge is -2.19. The molecule has 5 heteroatoms. The SMILES string of the molecule is CN=C(NC(C)=O)SC(=N)C(C)(C)C. The highest BCUT2D eigenvalue weighted by Gasteiger charge is 2.20. The minimum absolute atomic E-state index is 0.167. The van der Waals surface area contributed by atoms with Crippen molar-refractivity contribution in [1.82, 2.24) is 5.32 Å². The molecular formula is C9H17N3OS. The number of thioether (sulfide) groups is 1. The number of carbonyl (C=O) groups excluding carboxylic acids is 1. The fourth-order valence-corrected chi connectivity index (χ4v) is 1.31. The molecule has 4 nitrogen and oxygen atoms in total. The average molecular weight is 215 g/mol. The molecule has 0 unspecified atom stereocenters. The average Bonchev–Trinajstić information content (AvgIpc) is 2.00. The molecule has 0 aliphatic carbocycles. The van der Waals surface area contributed by atoms with E-state index in [4.69, 9.17) is 5.41 Å². The summed E-state index contributed by atoms with van der Waals surface area (Å²) < 4.78 is 0. The van der Waals surface area contributed by atoms with Crippen LogP contribution in [0.3, 0.4) is 0 Å². The molecule has 0 spiro atoms. The van der Waals surface area contributed by atoms with Crippen molar-refractivity contribution in [2.75, 3.05) is 7.05 Å². The number of nitrogens with one attached hydrogen (secondary N) is 2. The molecule has 0 saturated heterocycles. The van der Waals surface area contributed by atoms with Gasteiger partial charge in [-0.25, -0.2) is 0 Å². The molecule has 80 valence electrons. The summed E-state index contributed by atoms with van der Waals surface area (Å²) in [6.45, 7) is 7.27. The van der Waals surface area contributed by atoms with Gasteiger partial charge in [0, 0.05) is 19.4 Å². The molecule has 0 aliphatic heterocycles. The van der Waals surface area contributed by atoms with E-state index in [2.05, 4.69) is 10.3 Å². The number of carbonyl (C=O) groups is 1. The van der Waals surface area contributed by atoms with Gasteiger partial charge >= 0.3 is 0 Å². The molecule has 2 N–H and O–H groups in total. The van der Waals surface area contributed by atoms with Gasteiger partial charge in [0.2, 0.25) is 5.91 Å². The summed E-state index contributed by atoms with van der Waals surface area (Å²) in [5, 5.41) is 11.3. The normalized spacial score (nSPS) is 12.5. The van der Waals surface area contributed by atoms with E-state index in [0.717, 1.165) is 0 Å². The molecule has 0 fully saturated rings. The summed E-state index contributed by atoms with van der Waals surface area (Å²) in [7, 11) is 1.59. The molecule has 0 aromatic carbocycles. The second-order valence-corrected chi connectivity index (χ2v) is 4.89. The first-order valence-electron chi connectivity index (χ1n) is 4.28. The lowest BCUT2D eigenvalue weighted by Crippen LogP contribution is -2.29. The van der Waals surface area contributed by atoms with E-state index in [1.165, 1.54) is 18.7 Å². The molecule has 0 radical (unpaired) electrons. The van der Waals surface area contributed by atoms with E-state index >= 15 is 0 Å². The summed E-state index contributed by atoms with van der Waals surface area (Å²) in [6.07, 6.45) is 0. The van der Waals surface area contributed by atoms with Crippen LogP contribution in [-0.4, -0.2) is 23.2 Å². The van der Waals surface area contributed by atoms with E-state index in [1.807, 2.05) is 20.8 Å². The number of hydrogen-bond acceptors (Lipinski definition) is 4. The predicted octanol–water partition coefficient (Wildman–Crippen LogP) is 1.86. The molecule has 0 aliphatic rings. The van der Waals surface area contributed by atoms with Crippen LogP contribution in [0.5, 0.6) is 0 Å². The summed E-state index contributed by atoms with van der Waals surface area (Å²) in [4.78, 5) is 14.7. The molecule has 0 heterocycles. The van der Waals surface area contributed by atoms with Crippen molar-refractivity contribution in [3.05, 3.63) is 0 Å². The number of rotatable bonds is 0. The number of nitrogens with zero attached hydrogens (tertiary/aromatic N) is 1. The Bertz CT molecular complexity index is 266. The van der Waals surface area contributed by atoms with Crippen LogP contribution in [0.4, 0.5) is 0 Å². The molecule has 0 atom stereocenters. The van der Waals surface area contributed by atoms with Gasteiger partial charge < -0.3 is 5.32 Å². The molecule has 0 aromatic heterocycles. The third-order valence-electron chi connectivity index (χ3n) is 1.37. The van der Waals surface area contributed by atoms with E-state index in [0.29, 0.717) is 10.2 Å². The first kappa shape index (κ1) is 13.2. The van der Waals surface area contributed by atoms with Crippen LogP contribution >= 0.6 is 11.8 Å². The lowest BCUT2D eigenvalue weighted by atomic mass is 9.99. The van der Waals surface area contributed by atoms with Crippen molar-refractivity contribution in [2.45, 2.75) is 27.7 Å². The number of hydrogen-bond donors (Lipinski definition) is 2. The van der Waals surface area contributed by atoms with Gasteiger partial charge in [0.1, 0.15) is 0 Å². The molecule has 0 saturated carbocycles. The number of aliphatic imine (C=N–C) groups is 1. The van der Waals surface area contributed by atoms with Gasteiger partial charge in [-0.05, 0) is 11.8 Å². The Morgan fingerprint density at radius 2 is 1.93 bits per heavy atom. The lowest BCUT2D eigenvalue weighted by molar-refractivity contribution is -0.117. The molecule has 1 amide bonds. The van der Waals surface area contributed by atoms with Gasteiger partial charge in [-0.15, -0.1) is 0 Å². The molecule has 0 aromatic rings. The van der Waals surface area contributed by atoms with E-state index in [9.17, 15) is 4.79 Å². The standard InChI is InChI=1S/C9H17N3OS/c1-6(13)12-8(11-5)14-7(10)9(2,3)4/h10H,1-5H3,(H,11,12,13). The highest BCUT2D eigenvalue weighted by atomic mass is 32.2. The molecular weight excluding hydrogens is 198 g/mol. The minimum atomic E-state index is -0.209. The van der Waals surface area contributed by atoms with Crippen molar-refractivity contribution < 1.29 is 4.79 Å². The van der Waals surface area contributed by atoms with Crippen LogP contribution in [0.1, 0.15) is 27.7 Å². The predicted molar refractivity (Wildman–Crippen MR) is 61.9 cm³/mol. The Labute approximate surface area is 89.1 Å². The van der Waals surface area contributed by atoms with Gasteiger partial charge in [-0.3, -0.25) is 15.2 Å². The minimum Gasteiger partial charge on any atom is -0.305 e. The van der Waals surface area contributed by atoms with Crippen molar-refractivity contribution in [2.24, 2.45) is 10.4 Å². The second-order valence-electron chi connectivity index (χ2n) is 3.89. The van der Waals surface area contributed by atoms with E-state index in [-0.39, 0.29) is 11.3 Å². The van der Waals surface area contributed by atoms with Crippen LogP contribution in [-0.2, 0) is 4.79 Å². The molecule has 0 rings (SSSR count). The van der Waals surface area contributed by atoms with Crippen LogP contribution in [0, 0.1) is 10.8 Å². The zero-order valence-electron chi connectivity index (χ0n) is 9.26. The number of amidine groups is 1. The molecule has 0 bridgehead atoms. The van der Waals surface area contributed by atoms with Gasteiger partial charge in [-0.2, -0.15) is 0 Å². The fourth-order valence-electron chi connectivity index (χ4n) is 0.527. The Hall–Kier alpha value is -0.840. The van der Waals surface area contributed by atoms with Gasteiger partial charge in [0.25, 0.3) is 0 Å². The third-order valence-corrected chi connectivity index (χ3v) is 2.66. The quantitative estimate of drug-likeness (QED) is 0.478. The van der Waals surface area contributed by atoms with Gasteiger partial charge in [0.15, 0.2) is 5.17 Å². The van der Waals surface area contributed by atoms with Gasteiger partial charge in [-0.1, -0.05) is 20.8 Å². The van der Waals surface area contributed by atoms with E-state index < -0.39 is 0 Å². The van der Waals surface area contributed by atoms with E-state index in [1.54, 1.807) is 7.05 Å². The van der Waals surface area contributed by atoms with Crippen LogP contribution in [0.15, 0.2) is 4.99 Å². The Balaban J connectivity index is 4.36. The van der Waals surface area contributed by atoms with Crippen molar-refractivity contribution in [3.63, 3.8) is 0 Å². The van der Waals surface area contributed by atoms with Crippen molar-refractivity contribution in [1.29, 1.82) is 5.41 Å². The molecule has 14 heavy (non-hydrogen) atoms. The third kappa shape index (κ3) is 5.01. The number of amides is 1. The Kier molecular flexibility index (Phi) is 4.83. The van der Waals surface area contributed by atoms with Crippen LogP contribution in [0.2, 0.25) is 0 Å². The summed E-state index contributed by atoms with van der Waals surface area (Å²) >= 11 is 1.18. The second kappa shape index (κ2) is 5.14. The fraction of sp³-hybridized carbons (Fsp3) is 0.667. The van der Waals surface area contributed by atoms with Crippen LogP contribution in [0.25, 0.3) is 0 Å². The summed E-state index contributed by atoms with van der Waals surface area (Å²) in [5.74, 6) is -0.167. The smallest absolute Gasteiger partial charge is 0.222 e. The zero-order valence-corrected chi connectivity index (χ0v) is 10.1. The largest absolute Gasteiger partial charge is 0.305 e. The highest BCUT2D eigenvalue weighted by Crippen LogP contribution is 2.23. The van der Waals surface area contributed by atoms with Crippen LogP contribution < -0.4 is 5.32 Å². The first-order chi connectivity index (χ1) is 6.27. The van der Waals surface area contributed by atoms with Crippen molar-refractivity contribution >= 4 is 27.9 Å². The maximum atomic E-state index is 10.8. The summed E-state index contributed by atoms with van der Waals surface area (Å²) in [5.41, 5.74) is -0.209. The zero-order chi connectivity index (χ0) is 11.4. The van der Waals surface area contributed by atoms with Crippen molar-refractivity contribution in [3.8, 4) is 0 Å². The van der Waals surface area contributed by atoms with Gasteiger partial charge in [0.05, 0.1) is 5.04 Å². The summed E-state index contributed by atoms with van der Waals surface area (Å²) in [6, 6.07) is 0. The topological polar surface area (TPSA) is 65.3 Å². The highest BCUT2D eigenvalue weighted by molar-refractivity contribution is 8.26. The Morgan fingerprint density at radius 3 is 2.21 bits per heavy atom. The maximum absolute atomic E-state index is 10.8. The maximum Gasteiger partial charge on any atom is 0.222 e. The first-order valence-corrected chi connectivity index (χ1v) is 5.10.